The number of fused-ring (bicyclic) bond motifs is 2. The average molecular weight is 273 g/mol. The highest BCUT2D eigenvalue weighted by Crippen LogP contribution is 2.47. The van der Waals surface area contributed by atoms with Gasteiger partial charge in [0.1, 0.15) is 29.8 Å². The molecule has 0 spiro atoms. The second-order valence-electron chi connectivity index (χ2n) is 5.77. The van der Waals surface area contributed by atoms with Crippen molar-refractivity contribution in [1.29, 1.82) is 0 Å². The molecule has 1 aliphatic heterocycles. The van der Waals surface area contributed by atoms with Crippen LogP contribution in [0, 0.1) is 11.7 Å². The molecule has 0 saturated heterocycles. The third-order valence-electron chi connectivity index (χ3n) is 4.63. The first-order valence-corrected chi connectivity index (χ1v) is 7.06. The zero-order valence-corrected chi connectivity index (χ0v) is 11.1. The highest BCUT2D eigenvalue weighted by atomic mass is 19.1. The molecule has 2 heterocycles. The van der Waals surface area contributed by atoms with Crippen LogP contribution in [-0.4, -0.2) is 20.4 Å². The molecule has 2 atom stereocenters. The van der Waals surface area contributed by atoms with E-state index in [4.69, 9.17) is 4.74 Å². The monoisotopic (exact) mass is 273 g/mol. The van der Waals surface area contributed by atoms with E-state index in [1.54, 1.807) is 12.4 Å². The smallest absolute Gasteiger partial charge is 0.137 e. The van der Waals surface area contributed by atoms with Gasteiger partial charge in [0.25, 0.3) is 0 Å². The van der Waals surface area contributed by atoms with E-state index in [2.05, 4.69) is 10.1 Å². The number of ether oxygens (including phenoxy) is 1. The minimum Gasteiger partial charge on any atom is -0.485 e. The van der Waals surface area contributed by atoms with Crippen molar-refractivity contribution in [2.75, 3.05) is 0 Å². The van der Waals surface area contributed by atoms with Crippen LogP contribution in [0.5, 0.6) is 5.75 Å². The Hall–Kier alpha value is -1.91. The average Bonchev–Trinajstić information content (AvgIpc) is 3.06. The quantitative estimate of drug-likeness (QED) is 0.844. The van der Waals surface area contributed by atoms with E-state index in [9.17, 15) is 4.39 Å². The molecule has 2 unspecified atom stereocenters. The van der Waals surface area contributed by atoms with Crippen LogP contribution in [0.25, 0.3) is 0 Å². The van der Waals surface area contributed by atoms with Gasteiger partial charge in [-0.3, -0.25) is 0 Å². The van der Waals surface area contributed by atoms with Gasteiger partial charge in [0, 0.05) is 11.5 Å². The molecule has 1 aliphatic carbocycles. The molecular formula is C15H16FN3O. The summed E-state index contributed by atoms with van der Waals surface area (Å²) < 4.78 is 22.0. The molecule has 1 fully saturated rings. The van der Waals surface area contributed by atoms with E-state index in [1.807, 2.05) is 10.7 Å². The summed E-state index contributed by atoms with van der Waals surface area (Å²) >= 11 is 0. The number of benzene rings is 1. The Bertz CT molecular complexity index is 628. The molecule has 104 valence electrons. The molecule has 2 aromatic rings. The van der Waals surface area contributed by atoms with Crippen molar-refractivity contribution < 1.29 is 9.13 Å². The van der Waals surface area contributed by atoms with Gasteiger partial charge in [-0.05, 0) is 37.8 Å². The normalized spacial score (nSPS) is 27.8. The summed E-state index contributed by atoms with van der Waals surface area (Å²) in [5.41, 5.74) is 0.475. The summed E-state index contributed by atoms with van der Waals surface area (Å²) in [5, 5.41) is 4.19. The van der Waals surface area contributed by atoms with Crippen molar-refractivity contribution in [3.05, 3.63) is 42.2 Å². The minimum absolute atomic E-state index is 0.149. The van der Waals surface area contributed by atoms with Crippen molar-refractivity contribution in [3.8, 4) is 5.75 Å². The van der Waals surface area contributed by atoms with Crippen LogP contribution in [0.4, 0.5) is 4.39 Å². The Kier molecular flexibility index (Phi) is 2.55. The number of halogens is 1. The van der Waals surface area contributed by atoms with Gasteiger partial charge in [-0.15, -0.1) is 0 Å². The minimum atomic E-state index is -0.255. The molecule has 4 rings (SSSR count). The zero-order chi connectivity index (χ0) is 13.6. The first-order valence-electron chi connectivity index (χ1n) is 7.06. The third kappa shape index (κ3) is 1.72. The molecule has 2 aliphatic rings. The fourth-order valence-electron chi connectivity index (χ4n) is 3.66. The molecule has 1 aromatic heterocycles. The van der Waals surface area contributed by atoms with Crippen molar-refractivity contribution >= 4 is 0 Å². The SMILES string of the molecule is Fc1cccc2c1CC1CCCC1(Cn1cncn1)O2. The van der Waals surface area contributed by atoms with Gasteiger partial charge in [0.05, 0.1) is 6.54 Å². The first-order chi connectivity index (χ1) is 9.77. The molecule has 5 heteroatoms. The van der Waals surface area contributed by atoms with Crippen LogP contribution in [0.15, 0.2) is 30.9 Å². The maximum absolute atomic E-state index is 13.9. The molecule has 4 nitrogen and oxygen atoms in total. The van der Waals surface area contributed by atoms with Crippen LogP contribution >= 0.6 is 0 Å². The number of rotatable bonds is 2. The maximum Gasteiger partial charge on any atom is 0.137 e. The van der Waals surface area contributed by atoms with Gasteiger partial charge in [-0.1, -0.05) is 6.07 Å². The second kappa shape index (κ2) is 4.30. The van der Waals surface area contributed by atoms with E-state index in [-0.39, 0.29) is 11.4 Å². The van der Waals surface area contributed by atoms with E-state index in [1.165, 1.54) is 12.4 Å². The molecule has 0 amide bonds. The maximum atomic E-state index is 13.9. The summed E-state index contributed by atoms with van der Waals surface area (Å²) in [4.78, 5) is 3.99. The lowest BCUT2D eigenvalue weighted by atomic mass is 9.82. The molecular weight excluding hydrogens is 257 g/mol. The largest absolute Gasteiger partial charge is 0.485 e. The Morgan fingerprint density at radius 1 is 1.45 bits per heavy atom. The fraction of sp³-hybridized carbons (Fsp3) is 0.467. The Balaban J connectivity index is 1.72. The van der Waals surface area contributed by atoms with Crippen LogP contribution < -0.4 is 4.74 Å². The summed E-state index contributed by atoms with van der Waals surface area (Å²) in [5.74, 6) is 0.906. The Morgan fingerprint density at radius 2 is 2.40 bits per heavy atom. The van der Waals surface area contributed by atoms with E-state index in [0.717, 1.165) is 31.2 Å². The number of hydrogen-bond acceptors (Lipinski definition) is 3. The summed E-state index contributed by atoms with van der Waals surface area (Å²) in [6, 6.07) is 5.10. The lowest BCUT2D eigenvalue weighted by molar-refractivity contribution is -0.00540. The van der Waals surface area contributed by atoms with E-state index < -0.39 is 0 Å². The van der Waals surface area contributed by atoms with Gasteiger partial charge < -0.3 is 4.74 Å². The van der Waals surface area contributed by atoms with Crippen LogP contribution in [-0.2, 0) is 13.0 Å². The number of hydrogen-bond donors (Lipinski definition) is 0. The predicted octanol–water partition coefficient (Wildman–Crippen LogP) is 2.59. The Labute approximate surface area is 116 Å². The van der Waals surface area contributed by atoms with Gasteiger partial charge in [-0.25, -0.2) is 14.1 Å². The molecule has 1 aromatic carbocycles. The van der Waals surface area contributed by atoms with Crippen LogP contribution in [0.2, 0.25) is 0 Å². The molecule has 0 radical (unpaired) electrons. The lowest BCUT2D eigenvalue weighted by Gasteiger charge is -2.40. The Morgan fingerprint density at radius 3 is 3.25 bits per heavy atom. The predicted molar refractivity (Wildman–Crippen MR) is 70.8 cm³/mol. The fourth-order valence-corrected chi connectivity index (χ4v) is 3.66. The van der Waals surface area contributed by atoms with Gasteiger partial charge in [0.2, 0.25) is 0 Å². The standard InChI is InChI=1S/C15H16FN3O/c16-13-4-1-5-14-12(13)7-11-3-2-6-15(11,20-14)8-19-10-17-9-18-19/h1,4-5,9-11H,2-3,6-8H2. The second-order valence-corrected chi connectivity index (χ2v) is 5.77. The zero-order valence-electron chi connectivity index (χ0n) is 11.1. The van der Waals surface area contributed by atoms with Crippen molar-refractivity contribution in [2.45, 2.75) is 37.8 Å². The first kappa shape index (κ1) is 11.9. The van der Waals surface area contributed by atoms with Crippen molar-refractivity contribution in [1.82, 2.24) is 14.8 Å². The lowest BCUT2D eigenvalue weighted by Crippen LogP contribution is -2.47. The molecule has 20 heavy (non-hydrogen) atoms. The van der Waals surface area contributed by atoms with Gasteiger partial charge in [-0.2, -0.15) is 5.10 Å². The summed E-state index contributed by atoms with van der Waals surface area (Å²) in [7, 11) is 0. The van der Waals surface area contributed by atoms with Crippen LogP contribution in [0.3, 0.4) is 0 Å². The summed E-state index contributed by atoms with van der Waals surface area (Å²) in [6.45, 7) is 0.688. The number of aromatic nitrogens is 3. The highest BCUT2D eigenvalue weighted by Gasteiger charge is 2.49. The number of nitrogens with zero attached hydrogens (tertiary/aromatic N) is 3. The summed E-state index contributed by atoms with van der Waals surface area (Å²) in [6.07, 6.45) is 7.22. The highest BCUT2D eigenvalue weighted by molar-refractivity contribution is 5.38. The molecule has 1 saturated carbocycles. The topological polar surface area (TPSA) is 39.9 Å². The van der Waals surface area contributed by atoms with Gasteiger partial charge in [0.15, 0.2) is 0 Å². The third-order valence-corrected chi connectivity index (χ3v) is 4.63. The van der Waals surface area contributed by atoms with E-state index in [0.29, 0.717) is 18.2 Å². The molecule has 0 N–H and O–H groups in total. The van der Waals surface area contributed by atoms with E-state index >= 15 is 0 Å². The van der Waals surface area contributed by atoms with Gasteiger partial charge >= 0.3 is 0 Å². The van der Waals surface area contributed by atoms with Crippen molar-refractivity contribution in [3.63, 3.8) is 0 Å². The molecule has 0 bridgehead atoms. The van der Waals surface area contributed by atoms with Crippen LogP contribution in [0.1, 0.15) is 24.8 Å². The van der Waals surface area contributed by atoms with Crippen molar-refractivity contribution in [2.24, 2.45) is 5.92 Å².